The highest BCUT2D eigenvalue weighted by Gasteiger charge is 2.36. The summed E-state index contributed by atoms with van der Waals surface area (Å²) in [6, 6.07) is 7.89. The Balaban J connectivity index is 2.36. The molecule has 0 aliphatic carbocycles. The second kappa shape index (κ2) is 4.97. The third-order valence-electron chi connectivity index (χ3n) is 3.96. The molecule has 0 radical (unpaired) electrons. The molecule has 0 spiro atoms. The predicted octanol–water partition coefficient (Wildman–Crippen LogP) is 2.73. The standard InChI is InChI=1S/C16H24N2O/c1-11-9-10-12-7-5-6-8-13(12)18(11)15(19)14(17)16(2,3)4/h5-8,11,14H,9-10,17H2,1-4H3/t11?,14-/m1/s1. The molecular weight excluding hydrogens is 236 g/mol. The van der Waals surface area contributed by atoms with Crippen LogP contribution in [0.1, 0.15) is 39.7 Å². The third kappa shape index (κ3) is 2.66. The van der Waals surface area contributed by atoms with E-state index in [1.165, 1.54) is 5.56 Å². The zero-order valence-electron chi connectivity index (χ0n) is 12.3. The monoisotopic (exact) mass is 260 g/mol. The molecular formula is C16H24N2O. The number of carbonyl (C=O) groups is 1. The van der Waals surface area contributed by atoms with E-state index in [0.29, 0.717) is 0 Å². The van der Waals surface area contributed by atoms with Crippen LogP contribution in [0.5, 0.6) is 0 Å². The average Bonchev–Trinajstić information content (AvgIpc) is 2.36. The summed E-state index contributed by atoms with van der Waals surface area (Å²) in [7, 11) is 0. The van der Waals surface area contributed by atoms with Gasteiger partial charge in [0.05, 0.1) is 6.04 Å². The maximum Gasteiger partial charge on any atom is 0.244 e. The van der Waals surface area contributed by atoms with E-state index in [2.05, 4.69) is 13.0 Å². The minimum Gasteiger partial charge on any atom is -0.319 e. The van der Waals surface area contributed by atoms with Crippen molar-refractivity contribution < 1.29 is 4.79 Å². The molecule has 1 aromatic carbocycles. The van der Waals surface area contributed by atoms with Gasteiger partial charge in [0, 0.05) is 11.7 Å². The van der Waals surface area contributed by atoms with Gasteiger partial charge in [-0.15, -0.1) is 0 Å². The fraction of sp³-hybridized carbons (Fsp3) is 0.562. The first-order valence-corrected chi connectivity index (χ1v) is 6.99. The van der Waals surface area contributed by atoms with Gasteiger partial charge in [0.2, 0.25) is 5.91 Å². The van der Waals surface area contributed by atoms with Crippen molar-refractivity contribution in [3.8, 4) is 0 Å². The van der Waals surface area contributed by atoms with Crippen molar-refractivity contribution in [2.45, 2.75) is 52.6 Å². The van der Waals surface area contributed by atoms with Crippen LogP contribution in [0, 0.1) is 5.41 Å². The highest BCUT2D eigenvalue weighted by atomic mass is 16.2. The van der Waals surface area contributed by atoms with Gasteiger partial charge < -0.3 is 10.6 Å². The number of hydrogen-bond acceptors (Lipinski definition) is 2. The van der Waals surface area contributed by atoms with Gasteiger partial charge in [-0.1, -0.05) is 39.0 Å². The molecule has 2 atom stereocenters. The number of nitrogens with zero attached hydrogens (tertiary/aromatic N) is 1. The Morgan fingerprint density at radius 1 is 1.37 bits per heavy atom. The lowest BCUT2D eigenvalue weighted by Gasteiger charge is -2.39. The molecule has 3 nitrogen and oxygen atoms in total. The summed E-state index contributed by atoms with van der Waals surface area (Å²) in [5.41, 5.74) is 8.21. The van der Waals surface area contributed by atoms with Crippen molar-refractivity contribution in [2.75, 3.05) is 4.90 Å². The summed E-state index contributed by atoms with van der Waals surface area (Å²) < 4.78 is 0. The highest BCUT2D eigenvalue weighted by molar-refractivity contribution is 5.99. The van der Waals surface area contributed by atoms with E-state index in [1.54, 1.807) is 0 Å². The fourth-order valence-corrected chi connectivity index (χ4v) is 2.54. The van der Waals surface area contributed by atoms with Crippen molar-refractivity contribution in [1.82, 2.24) is 0 Å². The number of hydrogen-bond donors (Lipinski definition) is 1. The summed E-state index contributed by atoms with van der Waals surface area (Å²) in [5.74, 6) is 0.0344. The molecule has 1 heterocycles. The third-order valence-corrected chi connectivity index (χ3v) is 3.96. The molecule has 2 rings (SSSR count). The smallest absolute Gasteiger partial charge is 0.244 e. The van der Waals surface area contributed by atoms with E-state index in [-0.39, 0.29) is 17.4 Å². The molecule has 1 aliphatic heterocycles. The number of para-hydroxylation sites is 1. The first-order chi connectivity index (χ1) is 8.82. The lowest BCUT2D eigenvalue weighted by molar-refractivity contribution is -0.122. The molecule has 1 unspecified atom stereocenters. The van der Waals surface area contributed by atoms with Crippen LogP contribution in [0.15, 0.2) is 24.3 Å². The van der Waals surface area contributed by atoms with Crippen LogP contribution in [0.25, 0.3) is 0 Å². The van der Waals surface area contributed by atoms with Gasteiger partial charge in [0.25, 0.3) is 0 Å². The molecule has 0 aromatic heterocycles. The number of nitrogens with two attached hydrogens (primary N) is 1. The van der Waals surface area contributed by atoms with Gasteiger partial charge in [0.1, 0.15) is 0 Å². The lowest BCUT2D eigenvalue weighted by Crippen LogP contribution is -2.54. The molecule has 3 heteroatoms. The quantitative estimate of drug-likeness (QED) is 0.844. The van der Waals surface area contributed by atoms with E-state index in [0.717, 1.165) is 18.5 Å². The van der Waals surface area contributed by atoms with Crippen LogP contribution >= 0.6 is 0 Å². The molecule has 0 bridgehead atoms. The van der Waals surface area contributed by atoms with Gasteiger partial charge in [-0.25, -0.2) is 0 Å². The van der Waals surface area contributed by atoms with E-state index in [9.17, 15) is 4.79 Å². The largest absolute Gasteiger partial charge is 0.319 e. The summed E-state index contributed by atoms with van der Waals surface area (Å²) in [4.78, 5) is 14.6. The number of fused-ring (bicyclic) bond motifs is 1. The summed E-state index contributed by atoms with van der Waals surface area (Å²) in [5, 5.41) is 0. The number of amides is 1. The Hall–Kier alpha value is -1.35. The number of aryl methyl sites for hydroxylation is 1. The van der Waals surface area contributed by atoms with Crippen LogP contribution in [0.4, 0.5) is 5.69 Å². The van der Waals surface area contributed by atoms with E-state index in [1.807, 2.05) is 43.9 Å². The Bertz CT molecular complexity index is 476. The van der Waals surface area contributed by atoms with E-state index < -0.39 is 6.04 Å². The van der Waals surface area contributed by atoms with Crippen molar-refractivity contribution in [3.63, 3.8) is 0 Å². The SMILES string of the molecule is CC1CCc2ccccc2N1C(=O)[C@@H](N)C(C)(C)C. The maximum absolute atomic E-state index is 12.7. The highest BCUT2D eigenvalue weighted by Crippen LogP contribution is 2.32. The van der Waals surface area contributed by atoms with Crippen LogP contribution < -0.4 is 10.6 Å². The lowest BCUT2D eigenvalue weighted by atomic mass is 9.85. The summed E-state index contributed by atoms with van der Waals surface area (Å²) >= 11 is 0. The van der Waals surface area contributed by atoms with Gasteiger partial charge in [-0.3, -0.25) is 4.79 Å². The Morgan fingerprint density at radius 2 is 2.00 bits per heavy atom. The van der Waals surface area contributed by atoms with Crippen molar-refractivity contribution >= 4 is 11.6 Å². The molecule has 0 fully saturated rings. The van der Waals surface area contributed by atoms with E-state index in [4.69, 9.17) is 5.73 Å². The number of benzene rings is 1. The average molecular weight is 260 g/mol. The topological polar surface area (TPSA) is 46.3 Å². The fourth-order valence-electron chi connectivity index (χ4n) is 2.54. The van der Waals surface area contributed by atoms with Gasteiger partial charge >= 0.3 is 0 Å². The van der Waals surface area contributed by atoms with Crippen LogP contribution in [-0.2, 0) is 11.2 Å². The molecule has 19 heavy (non-hydrogen) atoms. The minimum absolute atomic E-state index is 0.0344. The zero-order valence-corrected chi connectivity index (χ0v) is 12.3. The van der Waals surface area contributed by atoms with Crippen molar-refractivity contribution in [1.29, 1.82) is 0 Å². The number of rotatable bonds is 1. The second-order valence-corrected chi connectivity index (χ2v) is 6.57. The second-order valence-electron chi connectivity index (χ2n) is 6.57. The molecule has 0 saturated carbocycles. The first kappa shape index (κ1) is 14.1. The molecule has 0 saturated heterocycles. The van der Waals surface area contributed by atoms with E-state index >= 15 is 0 Å². The normalized spacial score (nSPS) is 20.9. The number of anilines is 1. The molecule has 2 N–H and O–H groups in total. The van der Waals surface area contributed by atoms with Crippen LogP contribution in [-0.4, -0.2) is 18.0 Å². The van der Waals surface area contributed by atoms with Gasteiger partial charge in [-0.05, 0) is 36.8 Å². The van der Waals surface area contributed by atoms with Gasteiger partial charge in [0.15, 0.2) is 0 Å². The Morgan fingerprint density at radius 3 is 2.63 bits per heavy atom. The summed E-state index contributed by atoms with van der Waals surface area (Å²) in [6.45, 7) is 8.13. The molecule has 1 amide bonds. The van der Waals surface area contributed by atoms with Crippen molar-refractivity contribution in [3.05, 3.63) is 29.8 Å². The molecule has 104 valence electrons. The Kier molecular flexibility index (Phi) is 3.68. The predicted molar refractivity (Wildman–Crippen MR) is 79.1 cm³/mol. The van der Waals surface area contributed by atoms with Gasteiger partial charge in [-0.2, -0.15) is 0 Å². The number of carbonyl (C=O) groups excluding carboxylic acids is 1. The van der Waals surface area contributed by atoms with Crippen LogP contribution in [0.2, 0.25) is 0 Å². The van der Waals surface area contributed by atoms with Crippen molar-refractivity contribution in [2.24, 2.45) is 11.1 Å². The summed E-state index contributed by atoms with van der Waals surface area (Å²) in [6.07, 6.45) is 2.03. The molecule has 1 aliphatic rings. The molecule has 1 aromatic rings. The maximum atomic E-state index is 12.7. The Labute approximate surface area is 115 Å². The minimum atomic E-state index is -0.471. The van der Waals surface area contributed by atoms with Crippen LogP contribution in [0.3, 0.4) is 0 Å². The zero-order chi connectivity index (χ0) is 14.2. The first-order valence-electron chi connectivity index (χ1n) is 6.99.